The Bertz CT molecular complexity index is 1320. The van der Waals surface area contributed by atoms with Gasteiger partial charge in [0, 0.05) is 28.8 Å². The molecule has 2 aromatic heterocycles. The van der Waals surface area contributed by atoms with Gasteiger partial charge in [0.25, 0.3) is 0 Å². The monoisotopic (exact) mass is 470 g/mol. The van der Waals surface area contributed by atoms with Crippen molar-refractivity contribution < 1.29 is 28.3 Å². The molecule has 0 fully saturated rings. The summed E-state index contributed by atoms with van der Waals surface area (Å²) >= 11 is 0. The van der Waals surface area contributed by atoms with Crippen molar-refractivity contribution in [2.45, 2.75) is 59.9 Å². The smallest absolute Gasteiger partial charge is 0.339 e. The van der Waals surface area contributed by atoms with Crippen molar-refractivity contribution in [3.05, 3.63) is 45.0 Å². The normalized spacial score (nSPS) is 13.1. The van der Waals surface area contributed by atoms with Gasteiger partial charge < -0.3 is 24.6 Å². The van der Waals surface area contributed by atoms with Gasteiger partial charge in [-0.2, -0.15) is 0 Å². The topological polar surface area (TPSA) is 139 Å². The van der Waals surface area contributed by atoms with Crippen molar-refractivity contribution in [2.75, 3.05) is 6.54 Å². The van der Waals surface area contributed by atoms with E-state index in [1.165, 1.54) is 0 Å². The van der Waals surface area contributed by atoms with Crippen LogP contribution >= 0.6 is 0 Å². The molecule has 0 radical (unpaired) electrons. The molecule has 2 amide bonds. The largest absolute Gasteiger partial charge is 0.480 e. The fraction of sp³-hybridized carbons (Fsp3) is 0.440. The van der Waals surface area contributed by atoms with E-state index in [1.807, 2.05) is 33.8 Å². The van der Waals surface area contributed by atoms with Gasteiger partial charge in [-0.25, -0.2) is 9.59 Å². The van der Waals surface area contributed by atoms with Crippen LogP contribution in [-0.2, 0) is 20.8 Å². The second-order valence-corrected chi connectivity index (χ2v) is 8.67. The number of rotatable bonds is 9. The minimum absolute atomic E-state index is 0.0236. The summed E-state index contributed by atoms with van der Waals surface area (Å²) in [5, 5.41) is 15.9. The van der Waals surface area contributed by atoms with Crippen molar-refractivity contribution in [2.24, 2.45) is 5.92 Å². The number of aryl methyl sites for hydroxylation is 3. The number of amides is 2. The van der Waals surface area contributed by atoms with E-state index in [2.05, 4.69) is 10.6 Å². The van der Waals surface area contributed by atoms with Crippen LogP contribution in [0.2, 0.25) is 0 Å². The van der Waals surface area contributed by atoms with Crippen LogP contribution in [0.5, 0.6) is 0 Å². The molecule has 0 saturated carbocycles. The predicted molar refractivity (Wildman–Crippen MR) is 127 cm³/mol. The average Bonchev–Trinajstić information content (AvgIpc) is 3.06. The highest BCUT2D eigenvalue weighted by atomic mass is 16.4. The lowest BCUT2D eigenvalue weighted by atomic mass is 9.99. The Kier molecular flexibility index (Phi) is 7.44. The van der Waals surface area contributed by atoms with Crippen LogP contribution in [-0.4, -0.2) is 35.5 Å². The number of carboxylic acid groups (broad SMARTS) is 1. The number of fused-ring (bicyclic) bond motifs is 2. The summed E-state index contributed by atoms with van der Waals surface area (Å²) in [4.78, 5) is 48.3. The Morgan fingerprint density at radius 2 is 1.65 bits per heavy atom. The number of hydrogen-bond donors (Lipinski definition) is 3. The first-order valence-corrected chi connectivity index (χ1v) is 11.3. The third kappa shape index (κ3) is 5.13. The highest BCUT2D eigenvalue weighted by molar-refractivity contribution is 5.97. The van der Waals surface area contributed by atoms with E-state index in [0.29, 0.717) is 23.2 Å². The number of carboxylic acids is 1. The molecule has 9 nitrogen and oxygen atoms in total. The van der Waals surface area contributed by atoms with Gasteiger partial charge in [-0.1, -0.05) is 20.3 Å². The first-order chi connectivity index (χ1) is 16.0. The van der Waals surface area contributed by atoms with Crippen LogP contribution in [0.3, 0.4) is 0 Å². The lowest BCUT2D eigenvalue weighted by Crippen LogP contribution is -2.48. The number of furan rings is 1. The van der Waals surface area contributed by atoms with E-state index in [4.69, 9.17) is 8.83 Å². The summed E-state index contributed by atoms with van der Waals surface area (Å²) in [5.74, 6) is -1.59. The molecule has 34 heavy (non-hydrogen) atoms. The van der Waals surface area contributed by atoms with E-state index < -0.39 is 29.5 Å². The van der Waals surface area contributed by atoms with Crippen LogP contribution in [0.1, 0.15) is 49.1 Å². The quantitative estimate of drug-likeness (QED) is 0.408. The van der Waals surface area contributed by atoms with E-state index in [9.17, 15) is 24.3 Å². The molecular weight excluding hydrogens is 440 g/mol. The standard InChI is InChI=1S/C25H30N2O7/c1-6-12(2)23(24(30)31)27-22(29)11-26-21(28)8-7-16-14(4)18-9-17-13(3)15(5)33-19(17)10-20(18)34-25(16)32/h9-10,12,23H,6-8,11H2,1-5H3,(H,26,28)(H,27,29)(H,30,31)/t12-,23+/m1/s1. The maximum Gasteiger partial charge on any atom is 0.339 e. The number of carbonyl (C=O) groups excluding carboxylic acids is 2. The van der Waals surface area contributed by atoms with Gasteiger partial charge in [-0.15, -0.1) is 0 Å². The molecule has 3 aromatic rings. The third-order valence-corrected chi connectivity index (χ3v) is 6.43. The first-order valence-electron chi connectivity index (χ1n) is 11.3. The average molecular weight is 471 g/mol. The molecule has 0 spiro atoms. The number of nitrogens with one attached hydrogen (secondary N) is 2. The van der Waals surface area contributed by atoms with Crippen molar-refractivity contribution in [1.29, 1.82) is 0 Å². The van der Waals surface area contributed by atoms with Crippen molar-refractivity contribution in [3.8, 4) is 0 Å². The highest BCUT2D eigenvalue weighted by Gasteiger charge is 2.25. The van der Waals surface area contributed by atoms with E-state index in [-0.39, 0.29) is 25.3 Å². The molecule has 2 atom stereocenters. The summed E-state index contributed by atoms with van der Waals surface area (Å²) in [6.07, 6.45) is 0.705. The van der Waals surface area contributed by atoms with Crippen molar-refractivity contribution in [1.82, 2.24) is 10.6 Å². The predicted octanol–water partition coefficient (Wildman–Crippen LogP) is 3.13. The molecule has 182 valence electrons. The zero-order valence-electron chi connectivity index (χ0n) is 20.0. The maximum absolute atomic E-state index is 12.6. The molecule has 0 unspecified atom stereocenters. The Hall–Kier alpha value is -3.62. The van der Waals surface area contributed by atoms with Gasteiger partial charge in [0.1, 0.15) is 23.0 Å². The third-order valence-electron chi connectivity index (χ3n) is 6.43. The molecule has 0 aliphatic carbocycles. The van der Waals surface area contributed by atoms with Crippen molar-refractivity contribution >= 4 is 39.7 Å². The van der Waals surface area contributed by atoms with E-state index in [1.54, 1.807) is 13.0 Å². The number of carbonyl (C=O) groups is 3. The molecule has 0 aliphatic heterocycles. The van der Waals surface area contributed by atoms with Crippen LogP contribution in [0.15, 0.2) is 25.8 Å². The number of hydrogen-bond acceptors (Lipinski definition) is 6. The molecular formula is C25H30N2O7. The van der Waals surface area contributed by atoms with E-state index >= 15 is 0 Å². The van der Waals surface area contributed by atoms with Crippen LogP contribution in [0.25, 0.3) is 21.9 Å². The Labute approximate surface area is 196 Å². The molecule has 9 heteroatoms. The van der Waals surface area contributed by atoms with Gasteiger partial charge in [-0.3, -0.25) is 9.59 Å². The Morgan fingerprint density at radius 1 is 1.00 bits per heavy atom. The molecule has 0 saturated heterocycles. The van der Waals surface area contributed by atoms with Gasteiger partial charge >= 0.3 is 11.6 Å². The Balaban J connectivity index is 1.67. The molecule has 2 heterocycles. The highest BCUT2D eigenvalue weighted by Crippen LogP contribution is 2.31. The minimum Gasteiger partial charge on any atom is -0.480 e. The summed E-state index contributed by atoms with van der Waals surface area (Å²) in [6, 6.07) is 2.62. The van der Waals surface area contributed by atoms with Gasteiger partial charge in [0.05, 0.1) is 6.54 Å². The van der Waals surface area contributed by atoms with Gasteiger partial charge in [0.2, 0.25) is 11.8 Å². The summed E-state index contributed by atoms with van der Waals surface area (Å²) in [7, 11) is 0. The van der Waals surface area contributed by atoms with Crippen LogP contribution in [0, 0.1) is 26.7 Å². The fourth-order valence-electron chi connectivity index (χ4n) is 3.93. The van der Waals surface area contributed by atoms with Crippen LogP contribution < -0.4 is 16.3 Å². The maximum atomic E-state index is 12.6. The van der Waals surface area contributed by atoms with Crippen molar-refractivity contribution in [3.63, 3.8) is 0 Å². The molecule has 3 N–H and O–H groups in total. The summed E-state index contributed by atoms with van der Waals surface area (Å²) < 4.78 is 11.2. The zero-order chi connectivity index (χ0) is 25.2. The molecule has 0 bridgehead atoms. The second kappa shape index (κ2) is 10.1. The Morgan fingerprint density at radius 3 is 2.29 bits per heavy atom. The van der Waals surface area contributed by atoms with Gasteiger partial charge in [-0.05, 0) is 50.3 Å². The summed E-state index contributed by atoms with van der Waals surface area (Å²) in [6.45, 7) is 8.87. The second-order valence-electron chi connectivity index (χ2n) is 8.67. The van der Waals surface area contributed by atoms with Crippen LogP contribution in [0.4, 0.5) is 0 Å². The molecule has 1 aromatic carbocycles. The molecule has 0 aliphatic rings. The minimum atomic E-state index is -1.12. The SMILES string of the molecule is CC[C@@H](C)[C@H](NC(=O)CNC(=O)CCc1c(C)c2cc3c(C)c(C)oc3cc2oc1=O)C(=O)O. The zero-order valence-corrected chi connectivity index (χ0v) is 20.0. The summed E-state index contributed by atoms with van der Waals surface area (Å²) in [5.41, 5.74) is 2.69. The fourth-order valence-corrected chi connectivity index (χ4v) is 3.93. The number of aliphatic carboxylic acids is 1. The molecule has 3 rings (SSSR count). The van der Waals surface area contributed by atoms with Gasteiger partial charge in [0.15, 0.2) is 0 Å². The number of benzene rings is 1. The van der Waals surface area contributed by atoms with E-state index in [0.717, 1.165) is 27.7 Å². The first kappa shape index (κ1) is 25.0. The lowest BCUT2D eigenvalue weighted by Gasteiger charge is -2.20. The lowest BCUT2D eigenvalue weighted by molar-refractivity contribution is -0.143.